The third-order valence-corrected chi connectivity index (χ3v) is 6.31. The molecule has 2 rings (SSSR count). The van der Waals surface area contributed by atoms with Crippen LogP contribution in [0.1, 0.15) is 66.7 Å². The second-order valence-corrected chi connectivity index (χ2v) is 7.79. The van der Waals surface area contributed by atoms with Crippen molar-refractivity contribution in [2.75, 3.05) is 6.54 Å². The summed E-state index contributed by atoms with van der Waals surface area (Å²) in [5.74, 6) is 0.871. The van der Waals surface area contributed by atoms with Crippen molar-refractivity contribution < 1.29 is 5.11 Å². The first-order valence-corrected chi connectivity index (χ1v) is 7.69. The molecule has 0 aromatic carbocycles. The van der Waals surface area contributed by atoms with E-state index in [-0.39, 0.29) is 0 Å². The Kier molecular flexibility index (Phi) is 3.57. The highest BCUT2D eigenvalue weighted by molar-refractivity contribution is 5.13. The maximum Gasteiger partial charge on any atom is 0.0743 e. The molecule has 0 aromatic rings. The summed E-state index contributed by atoms with van der Waals surface area (Å²) in [4.78, 5) is 0. The number of fused-ring (bicyclic) bond motifs is 2. The Bertz CT molecular complexity index is 310. The van der Waals surface area contributed by atoms with Crippen molar-refractivity contribution in [1.29, 1.82) is 0 Å². The number of nitrogens with one attached hydrogen (secondary N) is 1. The van der Waals surface area contributed by atoms with E-state index in [1.54, 1.807) is 0 Å². The minimum Gasteiger partial charge on any atom is -0.389 e. The number of aliphatic hydroxyl groups is 1. The van der Waals surface area contributed by atoms with E-state index >= 15 is 0 Å². The molecule has 2 saturated carbocycles. The Morgan fingerprint density at radius 3 is 2.44 bits per heavy atom. The Morgan fingerprint density at radius 1 is 1.33 bits per heavy atom. The summed E-state index contributed by atoms with van der Waals surface area (Å²) in [7, 11) is 0. The maximum absolute atomic E-state index is 10.3. The standard InChI is InChI=1S/C16H31NO/c1-6-8-15(4,18)11-17-13-10-12-7-9-16(13,5)14(12,2)3/h12-13,17-18H,6-11H2,1-5H3. The molecule has 2 aliphatic carbocycles. The summed E-state index contributed by atoms with van der Waals surface area (Å²) in [6, 6.07) is 0.592. The first kappa shape index (κ1) is 14.3. The molecule has 0 radical (unpaired) electrons. The van der Waals surface area contributed by atoms with Gasteiger partial charge in [-0.1, -0.05) is 34.1 Å². The highest BCUT2D eigenvalue weighted by atomic mass is 16.3. The summed E-state index contributed by atoms with van der Waals surface area (Å²) in [5, 5.41) is 14.0. The highest BCUT2D eigenvalue weighted by Crippen LogP contribution is 2.65. The van der Waals surface area contributed by atoms with Crippen LogP contribution in [0.5, 0.6) is 0 Å². The molecule has 4 unspecified atom stereocenters. The summed E-state index contributed by atoms with van der Waals surface area (Å²) >= 11 is 0. The quantitative estimate of drug-likeness (QED) is 0.787. The Labute approximate surface area is 113 Å². The Balaban J connectivity index is 1.97. The molecule has 0 heterocycles. The second kappa shape index (κ2) is 4.49. The van der Waals surface area contributed by atoms with Gasteiger partial charge in [0.05, 0.1) is 5.60 Å². The minimum atomic E-state index is -0.545. The first-order valence-electron chi connectivity index (χ1n) is 7.69. The van der Waals surface area contributed by atoms with Gasteiger partial charge in [0, 0.05) is 12.6 Å². The number of rotatable bonds is 5. The van der Waals surface area contributed by atoms with Gasteiger partial charge in [-0.3, -0.25) is 0 Å². The minimum absolute atomic E-state index is 0.417. The van der Waals surface area contributed by atoms with Gasteiger partial charge in [0.15, 0.2) is 0 Å². The van der Waals surface area contributed by atoms with Crippen molar-refractivity contribution in [2.24, 2.45) is 16.7 Å². The molecule has 2 aliphatic rings. The molecular weight excluding hydrogens is 222 g/mol. The summed E-state index contributed by atoms with van der Waals surface area (Å²) in [6.45, 7) is 12.2. The lowest BCUT2D eigenvalue weighted by Gasteiger charge is -2.40. The van der Waals surface area contributed by atoms with Crippen LogP contribution in [0, 0.1) is 16.7 Å². The van der Waals surface area contributed by atoms with Gasteiger partial charge in [0.1, 0.15) is 0 Å². The average Bonchev–Trinajstić information content (AvgIpc) is 2.58. The molecule has 2 N–H and O–H groups in total. The van der Waals surface area contributed by atoms with Gasteiger partial charge in [-0.15, -0.1) is 0 Å². The van der Waals surface area contributed by atoms with E-state index in [9.17, 15) is 5.11 Å². The van der Waals surface area contributed by atoms with E-state index in [1.807, 2.05) is 6.92 Å². The van der Waals surface area contributed by atoms with Crippen LogP contribution >= 0.6 is 0 Å². The maximum atomic E-state index is 10.3. The van der Waals surface area contributed by atoms with Gasteiger partial charge in [0.25, 0.3) is 0 Å². The Hall–Kier alpha value is -0.0800. The second-order valence-electron chi connectivity index (χ2n) is 7.79. The molecule has 106 valence electrons. The molecule has 2 heteroatoms. The predicted octanol–water partition coefficient (Wildman–Crippen LogP) is 3.34. The van der Waals surface area contributed by atoms with Crippen LogP contribution in [-0.4, -0.2) is 23.3 Å². The van der Waals surface area contributed by atoms with Crippen molar-refractivity contribution in [3.8, 4) is 0 Å². The summed E-state index contributed by atoms with van der Waals surface area (Å²) in [6.07, 6.45) is 5.97. The molecule has 0 aliphatic heterocycles. The smallest absolute Gasteiger partial charge is 0.0743 e. The van der Waals surface area contributed by atoms with Gasteiger partial charge in [0.2, 0.25) is 0 Å². The molecule has 2 bridgehead atoms. The van der Waals surface area contributed by atoms with Crippen LogP contribution in [0.15, 0.2) is 0 Å². The van der Waals surface area contributed by atoms with E-state index in [4.69, 9.17) is 0 Å². The van der Waals surface area contributed by atoms with Crippen LogP contribution in [0.4, 0.5) is 0 Å². The number of hydrogen-bond donors (Lipinski definition) is 2. The zero-order chi connectivity index (χ0) is 13.6. The van der Waals surface area contributed by atoms with Crippen molar-refractivity contribution in [3.05, 3.63) is 0 Å². The largest absolute Gasteiger partial charge is 0.389 e. The summed E-state index contributed by atoms with van der Waals surface area (Å²) < 4.78 is 0. The topological polar surface area (TPSA) is 32.3 Å². The SMILES string of the molecule is CCCC(C)(O)CNC1CC2CCC1(C)C2(C)C. The molecule has 2 nitrogen and oxygen atoms in total. The zero-order valence-electron chi connectivity index (χ0n) is 12.8. The zero-order valence-corrected chi connectivity index (χ0v) is 12.8. The van der Waals surface area contributed by atoms with Crippen molar-refractivity contribution in [3.63, 3.8) is 0 Å². The third-order valence-electron chi connectivity index (χ3n) is 6.31. The molecule has 2 fully saturated rings. The van der Waals surface area contributed by atoms with E-state index < -0.39 is 5.60 Å². The molecule has 18 heavy (non-hydrogen) atoms. The molecule has 0 spiro atoms. The molecule has 4 atom stereocenters. The fourth-order valence-electron chi connectivity index (χ4n) is 4.48. The number of hydrogen-bond acceptors (Lipinski definition) is 2. The van der Waals surface area contributed by atoms with E-state index in [2.05, 4.69) is 33.0 Å². The highest BCUT2D eigenvalue weighted by Gasteiger charge is 2.61. The lowest BCUT2D eigenvalue weighted by atomic mass is 9.69. The van der Waals surface area contributed by atoms with Gasteiger partial charge in [-0.05, 0) is 49.4 Å². The van der Waals surface area contributed by atoms with Crippen LogP contribution < -0.4 is 5.32 Å². The van der Waals surface area contributed by atoms with E-state index in [1.165, 1.54) is 19.3 Å². The van der Waals surface area contributed by atoms with Crippen LogP contribution in [0.3, 0.4) is 0 Å². The molecule has 0 saturated heterocycles. The average molecular weight is 253 g/mol. The van der Waals surface area contributed by atoms with Crippen LogP contribution in [-0.2, 0) is 0 Å². The van der Waals surface area contributed by atoms with Gasteiger partial charge >= 0.3 is 0 Å². The lowest BCUT2D eigenvalue weighted by Crippen LogP contribution is -2.49. The van der Waals surface area contributed by atoms with E-state index in [0.29, 0.717) is 16.9 Å². The Morgan fingerprint density at radius 2 is 2.00 bits per heavy atom. The van der Waals surface area contributed by atoms with Gasteiger partial charge in [-0.25, -0.2) is 0 Å². The summed E-state index contributed by atoms with van der Waals surface area (Å²) in [5.41, 5.74) is 0.332. The fraction of sp³-hybridized carbons (Fsp3) is 1.00. The van der Waals surface area contributed by atoms with Crippen LogP contribution in [0.2, 0.25) is 0 Å². The van der Waals surface area contributed by atoms with E-state index in [0.717, 1.165) is 25.3 Å². The lowest BCUT2D eigenvalue weighted by molar-refractivity contribution is 0.0361. The van der Waals surface area contributed by atoms with Crippen molar-refractivity contribution in [1.82, 2.24) is 5.32 Å². The van der Waals surface area contributed by atoms with Gasteiger partial charge < -0.3 is 10.4 Å². The third kappa shape index (κ3) is 2.12. The van der Waals surface area contributed by atoms with Crippen LogP contribution in [0.25, 0.3) is 0 Å². The predicted molar refractivity (Wildman–Crippen MR) is 76.6 cm³/mol. The molecule has 0 amide bonds. The molecular formula is C16H31NO. The van der Waals surface area contributed by atoms with Gasteiger partial charge in [-0.2, -0.15) is 0 Å². The van der Waals surface area contributed by atoms with Crippen molar-refractivity contribution >= 4 is 0 Å². The first-order chi connectivity index (χ1) is 8.23. The molecule has 0 aromatic heterocycles. The van der Waals surface area contributed by atoms with Crippen molar-refractivity contribution in [2.45, 2.75) is 78.4 Å². The normalized spacial score (nSPS) is 41.0. The monoisotopic (exact) mass is 253 g/mol. The fourth-order valence-corrected chi connectivity index (χ4v) is 4.48.